The van der Waals surface area contributed by atoms with Crippen LogP contribution in [0.2, 0.25) is 0 Å². The molecule has 90 valence electrons. The van der Waals surface area contributed by atoms with Gasteiger partial charge in [0.25, 0.3) is 0 Å². The van der Waals surface area contributed by atoms with Gasteiger partial charge in [-0.3, -0.25) is 0 Å². The molecular weight excluding hydrogens is 270 g/mol. The average Bonchev–Trinajstić information content (AvgIpc) is 2.17. The van der Waals surface area contributed by atoms with Gasteiger partial charge in [-0.05, 0) is 43.6 Å². The minimum atomic E-state index is 0.304. The summed E-state index contributed by atoms with van der Waals surface area (Å²) in [5.74, 6) is 1.31. The van der Waals surface area contributed by atoms with Gasteiger partial charge in [-0.1, -0.05) is 0 Å². The van der Waals surface area contributed by atoms with Gasteiger partial charge < -0.3 is 10.2 Å². The van der Waals surface area contributed by atoms with Gasteiger partial charge in [0.05, 0.1) is 0 Å². The van der Waals surface area contributed by atoms with Crippen LogP contribution in [-0.2, 0) is 0 Å². The Balaban J connectivity index is 2.97. The highest BCUT2D eigenvalue weighted by molar-refractivity contribution is 9.10. The molecular formula is C10H18BrN5. The number of halogens is 1. The lowest BCUT2D eigenvalue weighted by Crippen LogP contribution is -2.25. The maximum atomic E-state index is 4.38. The van der Waals surface area contributed by atoms with Crippen molar-refractivity contribution >= 4 is 27.8 Å². The summed E-state index contributed by atoms with van der Waals surface area (Å²) in [5, 5.41) is 3.17. The molecule has 0 atom stereocenters. The van der Waals surface area contributed by atoms with Crippen molar-refractivity contribution in [2.75, 3.05) is 23.3 Å². The minimum Gasteiger partial charge on any atom is -0.352 e. The lowest BCUT2D eigenvalue weighted by molar-refractivity contribution is 0.796. The molecule has 1 N–H and O–H groups in total. The summed E-state index contributed by atoms with van der Waals surface area (Å²) in [5.41, 5.74) is 0. The number of aromatic nitrogens is 3. The highest BCUT2D eigenvalue weighted by Gasteiger charge is 2.10. The third-order valence-electron chi connectivity index (χ3n) is 2.06. The largest absolute Gasteiger partial charge is 0.352 e. The zero-order valence-electron chi connectivity index (χ0n) is 10.2. The Morgan fingerprint density at radius 3 is 2.31 bits per heavy atom. The summed E-state index contributed by atoms with van der Waals surface area (Å²) in [7, 11) is 0. The highest BCUT2D eigenvalue weighted by Crippen LogP contribution is 2.14. The fraction of sp³-hybridized carbons (Fsp3) is 0.700. The Labute approximate surface area is 105 Å². The number of anilines is 2. The van der Waals surface area contributed by atoms with Gasteiger partial charge in [0, 0.05) is 19.1 Å². The van der Waals surface area contributed by atoms with E-state index in [0.29, 0.717) is 22.7 Å². The zero-order chi connectivity index (χ0) is 12.1. The predicted molar refractivity (Wildman–Crippen MR) is 69.8 cm³/mol. The normalized spacial score (nSPS) is 10.6. The Kier molecular flexibility index (Phi) is 4.92. The molecule has 0 aliphatic carbocycles. The number of hydrogen-bond acceptors (Lipinski definition) is 5. The monoisotopic (exact) mass is 287 g/mol. The first kappa shape index (κ1) is 13.2. The fourth-order valence-electron chi connectivity index (χ4n) is 1.31. The third-order valence-corrected chi connectivity index (χ3v) is 2.42. The molecule has 1 heterocycles. The molecule has 0 amide bonds. The molecule has 0 aliphatic rings. The second-order valence-electron chi connectivity index (χ2n) is 3.70. The van der Waals surface area contributed by atoms with E-state index >= 15 is 0 Å². The van der Waals surface area contributed by atoms with E-state index < -0.39 is 0 Å². The topological polar surface area (TPSA) is 53.9 Å². The Bertz CT molecular complexity index is 338. The number of hydrogen-bond donors (Lipinski definition) is 1. The summed E-state index contributed by atoms with van der Waals surface area (Å²) in [6.45, 7) is 10.0. The molecule has 0 unspecified atom stereocenters. The van der Waals surface area contributed by atoms with Crippen molar-refractivity contribution in [2.45, 2.75) is 33.7 Å². The van der Waals surface area contributed by atoms with E-state index in [1.165, 1.54) is 0 Å². The van der Waals surface area contributed by atoms with Gasteiger partial charge >= 0.3 is 0 Å². The van der Waals surface area contributed by atoms with Gasteiger partial charge in [0.15, 0.2) is 0 Å². The fourth-order valence-corrected chi connectivity index (χ4v) is 1.64. The maximum Gasteiger partial charge on any atom is 0.231 e. The van der Waals surface area contributed by atoms with Crippen LogP contribution in [0.1, 0.15) is 27.7 Å². The molecule has 6 heteroatoms. The molecule has 0 aliphatic heterocycles. The van der Waals surface area contributed by atoms with Crippen molar-refractivity contribution in [3.63, 3.8) is 0 Å². The molecule has 1 rings (SSSR count). The quantitative estimate of drug-likeness (QED) is 0.901. The van der Waals surface area contributed by atoms with Gasteiger partial charge in [-0.15, -0.1) is 0 Å². The van der Waals surface area contributed by atoms with Crippen molar-refractivity contribution in [1.29, 1.82) is 0 Å². The van der Waals surface area contributed by atoms with Crippen molar-refractivity contribution < 1.29 is 0 Å². The lowest BCUT2D eigenvalue weighted by atomic mass is 10.4. The number of nitrogens with one attached hydrogen (secondary N) is 1. The minimum absolute atomic E-state index is 0.304. The van der Waals surface area contributed by atoms with E-state index in [-0.39, 0.29) is 0 Å². The molecule has 0 saturated carbocycles. The van der Waals surface area contributed by atoms with E-state index in [1.54, 1.807) is 0 Å². The second-order valence-corrected chi connectivity index (χ2v) is 4.41. The van der Waals surface area contributed by atoms with Gasteiger partial charge in [0.1, 0.15) is 0 Å². The van der Waals surface area contributed by atoms with Crippen LogP contribution in [0.4, 0.5) is 11.9 Å². The van der Waals surface area contributed by atoms with Crippen LogP contribution >= 0.6 is 15.9 Å². The lowest BCUT2D eigenvalue weighted by Gasteiger charge is -2.19. The average molecular weight is 288 g/mol. The molecule has 1 aromatic rings. The summed E-state index contributed by atoms with van der Waals surface area (Å²) in [6, 6.07) is 0.304. The first-order valence-electron chi connectivity index (χ1n) is 5.49. The summed E-state index contributed by atoms with van der Waals surface area (Å²) >= 11 is 3.30. The smallest absolute Gasteiger partial charge is 0.231 e. The van der Waals surface area contributed by atoms with E-state index in [1.807, 2.05) is 0 Å². The van der Waals surface area contributed by atoms with Crippen molar-refractivity contribution in [3.8, 4) is 0 Å². The van der Waals surface area contributed by atoms with Crippen molar-refractivity contribution in [2.24, 2.45) is 0 Å². The standard InChI is InChI=1S/C10H18BrN5/c1-5-16(6-2)10-14-8(11)13-9(15-10)12-7(3)4/h7H,5-6H2,1-4H3,(H,12,13,14,15). The molecule has 0 spiro atoms. The van der Waals surface area contributed by atoms with Gasteiger partial charge in [-0.25, -0.2) is 0 Å². The molecule has 1 aromatic heterocycles. The van der Waals surface area contributed by atoms with E-state index in [0.717, 1.165) is 13.1 Å². The van der Waals surface area contributed by atoms with Crippen molar-refractivity contribution in [3.05, 3.63) is 4.73 Å². The van der Waals surface area contributed by atoms with Crippen molar-refractivity contribution in [1.82, 2.24) is 15.0 Å². The van der Waals surface area contributed by atoms with Crippen LogP contribution in [0.15, 0.2) is 4.73 Å². The number of nitrogens with zero attached hydrogens (tertiary/aromatic N) is 4. The predicted octanol–water partition coefficient (Wildman–Crippen LogP) is 2.30. The summed E-state index contributed by atoms with van der Waals surface area (Å²) < 4.78 is 0.563. The Morgan fingerprint density at radius 2 is 1.81 bits per heavy atom. The van der Waals surface area contributed by atoms with E-state index in [4.69, 9.17) is 0 Å². The molecule has 5 nitrogen and oxygen atoms in total. The third kappa shape index (κ3) is 3.59. The SMILES string of the molecule is CCN(CC)c1nc(Br)nc(NC(C)C)n1. The molecule has 0 aromatic carbocycles. The van der Waals surface area contributed by atoms with Crippen LogP contribution in [0, 0.1) is 0 Å². The zero-order valence-corrected chi connectivity index (χ0v) is 11.7. The van der Waals surface area contributed by atoms with Crippen LogP contribution < -0.4 is 10.2 Å². The maximum absolute atomic E-state index is 4.38. The van der Waals surface area contributed by atoms with E-state index in [2.05, 4.69) is 68.8 Å². The molecule has 0 fully saturated rings. The molecule has 0 bridgehead atoms. The van der Waals surface area contributed by atoms with Crippen LogP contribution in [0.5, 0.6) is 0 Å². The summed E-state index contributed by atoms with van der Waals surface area (Å²) in [6.07, 6.45) is 0. The second kappa shape index (κ2) is 5.98. The highest BCUT2D eigenvalue weighted by atomic mass is 79.9. The first-order chi connectivity index (χ1) is 7.56. The summed E-state index contributed by atoms with van der Waals surface area (Å²) in [4.78, 5) is 14.9. The molecule has 0 saturated heterocycles. The van der Waals surface area contributed by atoms with Gasteiger partial charge in [-0.2, -0.15) is 15.0 Å². The van der Waals surface area contributed by atoms with Crippen LogP contribution in [-0.4, -0.2) is 34.1 Å². The van der Waals surface area contributed by atoms with E-state index in [9.17, 15) is 0 Å². The molecule has 16 heavy (non-hydrogen) atoms. The van der Waals surface area contributed by atoms with Gasteiger partial charge in [0.2, 0.25) is 16.6 Å². The van der Waals surface area contributed by atoms with Crippen LogP contribution in [0.25, 0.3) is 0 Å². The Hall–Kier alpha value is -0.910. The molecule has 0 radical (unpaired) electrons. The van der Waals surface area contributed by atoms with Crippen LogP contribution in [0.3, 0.4) is 0 Å². The Morgan fingerprint density at radius 1 is 1.19 bits per heavy atom. The first-order valence-corrected chi connectivity index (χ1v) is 6.29. The number of rotatable bonds is 5.